The molecule has 0 radical (unpaired) electrons. The van der Waals surface area contributed by atoms with Crippen molar-refractivity contribution in [2.24, 2.45) is 0 Å². The van der Waals surface area contributed by atoms with Crippen molar-refractivity contribution in [2.75, 3.05) is 20.2 Å². The molecule has 3 heteroatoms. The van der Waals surface area contributed by atoms with Gasteiger partial charge in [-0.3, -0.25) is 4.79 Å². The van der Waals surface area contributed by atoms with Crippen LogP contribution < -0.4 is 0 Å². The highest BCUT2D eigenvalue weighted by molar-refractivity contribution is 5.87. The Balaban J connectivity index is 2.36. The van der Waals surface area contributed by atoms with E-state index >= 15 is 0 Å². The molecule has 1 fully saturated rings. The van der Waals surface area contributed by atoms with Gasteiger partial charge in [0.2, 0.25) is 5.91 Å². The average molecular weight is 183 g/mol. The minimum atomic E-state index is 0.122. The fourth-order valence-electron chi connectivity index (χ4n) is 1.56. The first-order chi connectivity index (χ1) is 6.27. The second kappa shape index (κ2) is 5.02. The van der Waals surface area contributed by atoms with Crippen molar-refractivity contribution in [3.8, 4) is 0 Å². The smallest absolute Gasteiger partial charge is 0.246 e. The van der Waals surface area contributed by atoms with E-state index in [-0.39, 0.29) is 5.91 Å². The third-order valence-electron chi connectivity index (χ3n) is 2.40. The van der Waals surface area contributed by atoms with Crippen molar-refractivity contribution in [2.45, 2.75) is 25.9 Å². The molecule has 1 amide bonds. The van der Waals surface area contributed by atoms with Crippen LogP contribution in [0, 0.1) is 0 Å². The zero-order valence-electron chi connectivity index (χ0n) is 8.32. The monoisotopic (exact) mass is 183 g/mol. The van der Waals surface area contributed by atoms with E-state index in [1.165, 1.54) is 0 Å². The maximum Gasteiger partial charge on any atom is 0.246 e. The van der Waals surface area contributed by atoms with E-state index in [0.29, 0.717) is 6.10 Å². The van der Waals surface area contributed by atoms with Crippen molar-refractivity contribution in [1.29, 1.82) is 0 Å². The molecule has 74 valence electrons. The molecule has 0 saturated carbocycles. The molecule has 0 aromatic carbocycles. The SMILES string of the molecule is CC=CC(=O)N1CCC(OC)CC1. The van der Waals surface area contributed by atoms with Crippen LogP contribution in [0.4, 0.5) is 0 Å². The van der Waals surface area contributed by atoms with E-state index in [1.54, 1.807) is 19.3 Å². The Morgan fingerprint density at radius 2 is 2.08 bits per heavy atom. The van der Waals surface area contributed by atoms with Crippen LogP contribution in [0.25, 0.3) is 0 Å². The second-order valence-electron chi connectivity index (χ2n) is 3.26. The van der Waals surface area contributed by atoms with Crippen molar-refractivity contribution >= 4 is 5.91 Å². The minimum Gasteiger partial charge on any atom is -0.381 e. The Kier molecular flexibility index (Phi) is 3.96. The summed E-state index contributed by atoms with van der Waals surface area (Å²) in [5, 5.41) is 0. The largest absolute Gasteiger partial charge is 0.381 e. The summed E-state index contributed by atoms with van der Waals surface area (Å²) in [4.78, 5) is 13.3. The van der Waals surface area contributed by atoms with E-state index in [0.717, 1.165) is 25.9 Å². The number of carbonyl (C=O) groups is 1. The fourth-order valence-corrected chi connectivity index (χ4v) is 1.56. The lowest BCUT2D eigenvalue weighted by Crippen LogP contribution is -2.39. The molecular weight excluding hydrogens is 166 g/mol. The standard InChI is InChI=1S/C10H17NO2/c1-3-4-10(12)11-7-5-9(13-2)6-8-11/h3-4,9H,5-8H2,1-2H3. The van der Waals surface area contributed by atoms with Gasteiger partial charge in [0, 0.05) is 20.2 Å². The zero-order chi connectivity index (χ0) is 9.68. The average Bonchev–Trinajstić information content (AvgIpc) is 2.18. The molecule has 0 atom stereocenters. The molecule has 0 spiro atoms. The van der Waals surface area contributed by atoms with Crippen LogP contribution in [0.1, 0.15) is 19.8 Å². The first-order valence-corrected chi connectivity index (χ1v) is 4.72. The summed E-state index contributed by atoms with van der Waals surface area (Å²) in [6, 6.07) is 0. The molecule has 1 saturated heterocycles. The summed E-state index contributed by atoms with van der Waals surface area (Å²) in [6.45, 7) is 3.50. The topological polar surface area (TPSA) is 29.5 Å². The summed E-state index contributed by atoms with van der Waals surface area (Å²) in [6.07, 6.45) is 5.66. The molecule has 0 bridgehead atoms. The third-order valence-corrected chi connectivity index (χ3v) is 2.40. The highest BCUT2D eigenvalue weighted by Gasteiger charge is 2.20. The van der Waals surface area contributed by atoms with Crippen molar-refractivity contribution < 1.29 is 9.53 Å². The Labute approximate surface area is 79.4 Å². The molecule has 0 aromatic rings. The van der Waals surface area contributed by atoms with Gasteiger partial charge in [-0.2, -0.15) is 0 Å². The van der Waals surface area contributed by atoms with E-state index in [9.17, 15) is 4.79 Å². The Hall–Kier alpha value is -0.830. The number of piperidine rings is 1. The summed E-state index contributed by atoms with van der Waals surface area (Å²) in [5.74, 6) is 0.122. The lowest BCUT2D eigenvalue weighted by Gasteiger charge is -2.30. The van der Waals surface area contributed by atoms with Gasteiger partial charge in [-0.25, -0.2) is 0 Å². The lowest BCUT2D eigenvalue weighted by molar-refractivity contribution is -0.128. The molecule has 13 heavy (non-hydrogen) atoms. The summed E-state index contributed by atoms with van der Waals surface area (Å²) in [5.41, 5.74) is 0. The van der Waals surface area contributed by atoms with E-state index in [2.05, 4.69) is 0 Å². The third kappa shape index (κ3) is 2.84. The first-order valence-electron chi connectivity index (χ1n) is 4.72. The van der Waals surface area contributed by atoms with Gasteiger partial charge in [-0.15, -0.1) is 0 Å². The molecule has 1 heterocycles. The maximum atomic E-state index is 11.4. The second-order valence-corrected chi connectivity index (χ2v) is 3.26. The van der Waals surface area contributed by atoms with E-state index < -0.39 is 0 Å². The van der Waals surface area contributed by atoms with E-state index in [4.69, 9.17) is 4.74 Å². The van der Waals surface area contributed by atoms with Crippen LogP contribution in [-0.2, 0) is 9.53 Å². The molecule has 0 unspecified atom stereocenters. The Bertz CT molecular complexity index is 193. The molecule has 0 aromatic heterocycles. The number of amides is 1. The maximum absolute atomic E-state index is 11.4. The molecule has 1 aliphatic rings. The number of hydrogen-bond donors (Lipinski definition) is 0. The highest BCUT2D eigenvalue weighted by Crippen LogP contribution is 2.12. The van der Waals surface area contributed by atoms with Crippen LogP contribution in [0.15, 0.2) is 12.2 Å². The van der Waals surface area contributed by atoms with Crippen molar-refractivity contribution in [3.63, 3.8) is 0 Å². The minimum absolute atomic E-state index is 0.122. The number of rotatable bonds is 2. The number of carbonyl (C=O) groups excluding carboxylic acids is 1. The quantitative estimate of drug-likeness (QED) is 0.602. The highest BCUT2D eigenvalue weighted by atomic mass is 16.5. The lowest BCUT2D eigenvalue weighted by atomic mass is 10.1. The van der Waals surface area contributed by atoms with Gasteiger partial charge in [-0.05, 0) is 25.8 Å². The van der Waals surface area contributed by atoms with Crippen LogP contribution in [0.5, 0.6) is 0 Å². The van der Waals surface area contributed by atoms with Gasteiger partial charge < -0.3 is 9.64 Å². The first kappa shape index (κ1) is 10.3. The predicted octanol–water partition coefficient (Wildman–Crippen LogP) is 1.20. The van der Waals surface area contributed by atoms with Gasteiger partial charge in [0.05, 0.1) is 6.10 Å². The number of hydrogen-bond acceptors (Lipinski definition) is 2. The molecular formula is C10H17NO2. The molecule has 1 rings (SSSR count). The summed E-state index contributed by atoms with van der Waals surface area (Å²) < 4.78 is 5.22. The van der Waals surface area contributed by atoms with Gasteiger partial charge >= 0.3 is 0 Å². The summed E-state index contributed by atoms with van der Waals surface area (Å²) in [7, 11) is 1.73. The predicted molar refractivity (Wildman–Crippen MR) is 51.4 cm³/mol. The van der Waals surface area contributed by atoms with Crippen molar-refractivity contribution in [3.05, 3.63) is 12.2 Å². The number of ether oxygens (including phenoxy) is 1. The van der Waals surface area contributed by atoms with Gasteiger partial charge in [-0.1, -0.05) is 6.08 Å². The normalized spacial score (nSPS) is 19.7. The van der Waals surface area contributed by atoms with Crippen LogP contribution in [0.3, 0.4) is 0 Å². The summed E-state index contributed by atoms with van der Waals surface area (Å²) >= 11 is 0. The molecule has 0 aliphatic carbocycles. The molecule has 1 aliphatic heterocycles. The van der Waals surface area contributed by atoms with Crippen LogP contribution >= 0.6 is 0 Å². The van der Waals surface area contributed by atoms with Gasteiger partial charge in [0.1, 0.15) is 0 Å². The number of likely N-dealkylation sites (tertiary alicyclic amines) is 1. The van der Waals surface area contributed by atoms with Crippen molar-refractivity contribution in [1.82, 2.24) is 4.90 Å². The van der Waals surface area contributed by atoms with Gasteiger partial charge in [0.25, 0.3) is 0 Å². The number of methoxy groups -OCH3 is 1. The number of allylic oxidation sites excluding steroid dienone is 1. The van der Waals surface area contributed by atoms with Gasteiger partial charge in [0.15, 0.2) is 0 Å². The Morgan fingerprint density at radius 1 is 1.46 bits per heavy atom. The molecule has 3 nitrogen and oxygen atoms in total. The van der Waals surface area contributed by atoms with Crippen LogP contribution in [-0.4, -0.2) is 37.1 Å². The van der Waals surface area contributed by atoms with E-state index in [1.807, 2.05) is 11.8 Å². The fraction of sp³-hybridized carbons (Fsp3) is 0.700. The Morgan fingerprint density at radius 3 is 2.54 bits per heavy atom. The number of nitrogens with zero attached hydrogens (tertiary/aromatic N) is 1. The van der Waals surface area contributed by atoms with Crippen LogP contribution in [0.2, 0.25) is 0 Å². The zero-order valence-corrected chi connectivity index (χ0v) is 8.32. The molecule has 0 N–H and O–H groups in total.